The normalized spacial score (nSPS) is 22.9. The zero-order valence-corrected chi connectivity index (χ0v) is 15.9. The van der Waals surface area contributed by atoms with Crippen molar-refractivity contribution in [3.05, 3.63) is 46.1 Å². The molecule has 1 fully saturated rings. The maximum absolute atomic E-state index is 12.4. The average Bonchev–Trinajstić information content (AvgIpc) is 2.67. The molecule has 0 radical (unpaired) electrons. The second kappa shape index (κ2) is 8.01. The fraction of sp³-hybridized carbons (Fsp3) is 0.450. The predicted octanol–water partition coefficient (Wildman–Crippen LogP) is 3.47. The van der Waals surface area contributed by atoms with Crippen molar-refractivity contribution < 1.29 is 19.1 Å². The Hall–Kier alpha value is -2.52. The molecular formula is C20H21ClN2O4. The van der Waals surface area contributed by atoms with Crippen molar-refractivity contribution in [3.63, 3.8) is 0 Å². The predicted molar refractivity (Wildman–Crippen MR) is 98.9 cm³/mol. The number of cyclic esters (lactones) is 1. The Kier molecular flexibility index (Phi) is 5.71. The molecule has 7 heteroatoms. The van der Waals surface area contributed by atoms with Crippen molar-refractivity contribution in [2.75, 3.05) is 19.7 Å². The van der Waals surface area contributed by atoms with Crippen molar-refractivity contribution in [1.82, 2.24) is 4.90 Å². The first kappa shape index (κ1) is 19.2. The molecule has 1 aromatic rings. The van der Waals surface area contributed by atoms with Gasteiger partial charge in [-0.2, -0.15) is 5.26 Å². The highest BCUT2D eigenvalue weighted by Crippen LogP contribution is 2.33. The van der Waals surface area contributed by atoms with Gasteiger partial charge in [0.25, 0.3) is 0 Å². The van der Waals surface area contributed by atoms with E-state index in [1.807, 2.05) is 6.07 Å². The summed E-state index contributed by atoms with van der Waals surface area (Å²) in [5.74, 6) is -1.17. The Morgan fingerprint density at radius 1 is 1.30 bits per heavy atom. The zero-order valence-electron chi connectivity index (χ0n) is 15.2. The van der Waals surface area contributed by atoms with Gasteiger partial charge >= 0.3 is 11.9 Å². The van der Waals surface area contributed by atoms with Crippen LogP contribution in [0.25, 0.3) is 0 Å². The molecule has 0 amide bonds. The molecule has 0 bridgehead atoms. The van der Waals surface area contributed by atoms with E-state index in [2.05, 4.69) is 4.90 Å². The van der Waals surface area contributed by atoms with Gasteiger partial charge in [-0.05, 0) is 50.5 Å². The smallest absolute Gasteiger partial charge is 0.351 e. The molecule has 142 valence electrons. The van der Waals surface area contributed by atoms with E-state index in [0.717, 1.165) is 32.4 Å². The maximum atomic E-state index is 12.4. The van der Waals surface area contributed by atoms with Crippen molar-refractivity contribution in [1.29, 1.82) is 5.26 Å². The molecule has 0 aromatic heterocycles. The Bertz CT molecular complexity index is 806. The van der Waals surface area contributed by atoms with Crippen molar-refractivity contribution >= 4 is 23.5 Å². The van der Waals surface area contributed by atoms with Gasteiger partial charge in [0.2, 0.25) is 0 Å². The first-order chi connectivity index (χ1) is 12.9. The summed E-state index contributed by atoms with van der Waals surface area (Å²) in [6.07, 6.45) is 3.54. The first-order valence-corrected chi connectivity index (χ1v) is 9.34. The van der Waals surface area contributed by atoms with Gasteiger partial charge in [-0.3, -0.25) is 0 Å². The molecule has 2 heterocycles. The number of carbonyl (C=O) groups is 2. The summed E-state index contributed by atoms with van der Waals surface area (Å²) in [7, 11) is 0. The second-order valence-corrected chi connectivity index (χ2v) is 7.52. The van der Waals surface area contributed by atoms with Gasteiger partial charge in [-0.25, -0.2) is 9.59 Å². The summed E-state index contributed by atoms with van der Waals surface area (Å²) >= 11 is 5.82. The Morgan fingerprint density at radius 3 is 2.59 bits per heavy atom. The van der Waals surface area contributed by atoms with Crippen LogP contribution in [-0.4, -0.2) is 42.1 Å². The highest BCUT2D eigenvalue weighted by Gasteiger charge is 2.41. The molecule has 0 aliphatic carbocycles. The van der Waals surface area contributed by atoms with Gasteiger partial charge in [-0.15, -0.1) is 0 Å². The quantitative estimate of drug-likeness (QED) is 0.735. The molecule has 0 N–H and O–H groups in total. The number of nitriles is 1. The van der Waals surface area contributed by atoms with Gasteiger partial charge < -0.3 is 14.4 Å². The van der Waals surface area contributed by atoms with E-state index in [9.17, 15) is 14.9 Å². The van der Waals surface area contributed by atoms with Crippen LogP contribution >= 0.6 is 11.6 Å². The Morgan fingerprint density at radius 2 is 1.96 bits per heavy atom. The number of rotatable bonds is 4. The van der Waals surface area contributed by atoms with E-state index < -0.39 is 17.5 Å². The largest absolute Gasteiger partial charge is 0.458 e. The van der Waals surface area contributed by atoms with Gasteiger partial charge in [0, 0.05) is 30.2 Å². The van der Waals surface area contributed by atoms with Crippen molar-refractivity contribution in [3.8, 4) is 6.07 Å². The van der Waals surface area contributed by atoms with E-state index >= 15 is 0 Å². The van der Waals surface area contributed by atoms with E-state index in [1.54, 1.807) is 31.2 Å². The molecule has 2 aliphatic rings. The number of halogens is 1. The molecule has 1 saturated heterocycles. The molecule has 2 aliphatic heterocycles. The summed E-state index contributed by atoms with van der Waals surface area (Å²) in [6, 6.07) is 8.35. The number of hydrogen-bond donors (Lipinski definition) is 0. The molecule has 6 nitrogen and oxygen atoms in total. The number of carbonyl (C=O) groups excluding carboxylic acids is 2. The minimum Gasteiger partial charge on any atom is -0.458 e. The number of likely N-dealkylation sites (tertiary alicyclic amines) is 1. The number of benzene rings is 1. The van der Waals surface area contributed by atoms with Crippen molar-refractivity contribution in [2.45, 2.75) is 38.2 Å². The molecule has 0 saturated carbocycles. The van der Waals surface area contributed by atoms with Crippen LogP contribution in [0.5, 0.6) is 0 Å². The number of ether oxygens (including phenoxy) is 2. The lowest BCUT2D eigenvalue weighted by atomic mass is 9.93. The lowest BCUT2D eigenvalue weighted by molar-refractivity contribution is -0.160. The number of esters is 2. The van der Waals surface area contributed by atoms with Crippen LogP contribution in [0.3, 0.4) is 0 Å². The van der Waals surface area contributed by atoms with E-state index in [0.29, 0.717) is 22.7 Å². The number of hydrogen-bond acceptors (Lipinski definition) is 6. The topological polar surface area (TPSA) is 79.6 Å². The van der Waals surface area contributed by atoms with Crippen LogP contribution in [0.4, 0.5) is 0 Å². The van der Waals surface area contributed by atoms with Crippen LogP contribution in [0.15, 0.2) is 35.5 Å². The second-order valence-electron chi connectivity index (χ2n) is 7.08. The summed E-state index contributed by atoms with van der Waals surface area (Å²) in [6.45, 7) is 3.26. The van der Waals surface area contributed by atoms with Gasteiger partial charge in [0.05, 0.1) is 5.56 Å². The highest BCUT2D eigenvalue weighted by molar-refractivity contribution is 6.30. The monoisotopic (exact) mass is 388 g/mol. The zero-order chi connectivity index (χ0) is 19.4. The summed E-state index contributed by atoms with van der Waals surface area (Å²) in [5, 5.41) is 9.92. The summed E-state index contributed by atoms with van der Waals surface area (Å²) in [5.41, 5.74) is 0.110. The highest BCUT2D eigenvalue weighted by atomic mass is 35.5. The third-order valence-electron chi connectivity index (χ3n) is 4.81. The maximum Gasteiger partial charge on any atom is 0.351 e. The van der Waals surface area contributed by atoms with Crippen LogP contribution in [0.1, 0.15) is 43.0 Å². The SMILES string of the molecule is CC1(COC(=O)c2ccc(Cl)cc2)CC(N2CCCCC2)=C(C#N)C(=O)O1. The fourth-order valence-corrected chi connectivity index (χ4v) is 3.51. The molecule has 1 aromatic carbocycles. The third-order valence-corrected chi connectivity index (χ3v) is 5.06. The molecule has 1 unspecified atom stereocenters. The minimum absolute atomic E-state index is 0.0541. The van der Waals surface area contributed by atoms with Crippen LogP contribution < -0.4 is 0 Å². The number of piperidine rings is 1. The van der Waals surface area contributed by atoms with Gasteiger partial charge in [-0.1, -0.05) is 11.6 Å². The van der Waals surface area contributed by atoms with E-state index in [4.69, 9.17) is 21.1 Å². The van der Waals surface area contributed by atoms with E-state index in [1.165, 1.54) is 0 Å². The summed E-state index contributed by atoms with van der Waals surface area (Å²) < 4.78 is 10.8. The molecular weight excluding hydrogens is 368 g/mol. The lowest BCUT2D eigenvalue weighted by Crippen LogP contribution is -2.45. The first-order valence-electron chi connectivity index (χ1n) is 8.96. The lowest BCUT2D eigenvalue weighted by Gasteiger charge is -2.39. The van der Waals surface area contributed by atoms with Crippen LogP contribution in [0, 0.1) is 11.3 Å². The Balaban J connectivity index is 1.72. The fourth-order valence-electron chi connectivity index (χ4n) is 3.38. The van der Waals surface area contributed by atoms with Gasteiger partial charge in [0.15, 0.2) is 5.57 Å². The minimum atomic E-state index is -1.01. The van der Waals surface area contributed by atoms with Crippen LogP contribution in [0.2, 0.25) is 5.02 Å². The summed E-state index contributed by atoms with van der Waals surface area (Å²) in [4.78, 5) is 26.7. The molecule has 1 atom stereocenters. The average molecular weight is 389 g/mol. The van der Waals surface area contributed by atoms with Crippen LogP contribution in [-0.2, 0) is 14.3 Å². The number of nitrogens with zero attached hydrogens (tertiary/aromatic N) is 2. The molecule has 0 spiro atoms. The Labute approximate surface area is 163 Å². The van der Waals surface area contributed by atoms with E-state index in [-0.39, 0.29) is 12.2 Å². The van der Waals surface area contributed by atoms with Gasteiger partial charge in [0.1, 0.15) is 18.3 Å². The van der Waals surface area contributed by atoms with Crippen molar-refractivity contribution in [2.24, 2.45) is 0 Å². The molecule has 27 heavy (non-hydrogen) atoms. The standard InChI is InChI=1S/C20H21ClN2O4/c1-20(13-26-18(24)14-5-7-15(21)8-6-14)11-17(16(12-22)19(25)27-20)23-9-3-2-4-10-23/h5-8H,2-4,9-11,13H2,1H3. The third kappa shape index (κ3) is 4.42. The molecule has 3 rings (SSSR count).